The van der Waals surface area contributed by atoms with Crippen molar-refractivity contribution >= 4 is 21.6 Å². The largest absolute Gasteiger partial charge is 0.494 e. The summed E-state index contributed by atoms with van der Waals surface area (Å²) >= 11 is 0. The fourth-order valence-electron chi connectivity index (χ4n) is 5.97. The monoisotopic (exact) mass is 639 g/mol. The van der Waals surface area contributed by atoms with Crippen LogP contribution in [0, 0.1) is 0 Å². The van der Waals surface area contributed by atoms with E-state index in [1.54, 1.807) is 54.6 Å². The van der Waals surface area contributed by atoms with Gasteiger partial charge in [-0.25, -0.2) is 18.8 Å². The summed E-state index contributed by atoms with van der Waals surface area (Å²) in [4.78, 5) is 19.5. The van der Waals surface area contributed by atoms with Gasteiger partial charge in [-0.3, -0.25) is 10.2 Å². The van der Waals surface area contributed by atoms with E-state index in [1.807, 2.05) is 42.5 Å². The number of nitrogens with one attached hydrogen (secondary N) is 2. The number of nitrogens with zero attached hydrogens (tertiary/aromatic N) is 1. The van der Waals surface area contributed by atoms with Gasteiger partial charge >= 0.3 is 0 Å². The first-order valence-corrected chi connectivity index (χ1v) is 17.1. The number of carbonyl (C=O) groups excluding carboxylic acids is 1. The fraction of sp³-hybridized carbons (Fsp3) is 0.278. The summed E-state index contributed by atoms with van der Waals surface area (Å²) in [5, 5.41) is 9.06. The van der Waals surface area contributed by atoms with E-state index in [1.165, 1.54) is 11.1 Å². The predicted molar refractivity (Wildman–Crippen MR) is 175 cm³/mol. The van der Waals surface area contributed by atoms with Gasteiger partial charge in [0, 0.05) is 31.1 Å². The standard InChI is InChI=1S/C36H37N3O6S/c40-21-9-22-44-31-18-16-27(17-19-31)34-37-36(33(45-34)26-10-3-1-4-11-26,20-23-46(42,43)32-14-5-2-6-15-32)35(41)39-38-30-24-28-12-7-8-13-29(28)25-30/h1-8,10-19,30,33,38,40H,9,20-25H2,(H,39,41)/t33-,36-/m0/s1. The Bertz CT molecular complexity index is 1760. The molecule has 9 nitrogen and oxygen atoms in total. The van der Waals surface area contributed by atoms with E-state index in [0.717, 1.165) is 12.8 Å². The second kappa shape index (κ2) is 13.9. The van der Waals surface area contributed by atoms with Gasteiger partial charge < -0.3 is 14.6 Å². The molecular weight excluding hydrogens is 602 g/mol. The van der Waals surface area contributed by atoms with Crippen LogP contribution >= 0.6 is 0 Å². The lowest BCUT2D eigenvalue weighted by Crippen LogP contribution is -2.55. The molecule has 1 aliphatic heterocycles. The van der Waals surface area contributed by atoms with Crippen LogP contribution in [0.15, 0.2) is 119 Å². The van der Waals surface area contributed by atoms with Crippen LogP contribution in [0.2, 0.25) is 0 Å². The third-order valence-electron chi connectivity index (χ3n) is 8.43. The van der Waals surface area contributed by atoms with Crippen LogP contribution in [0.25, 0.3) is 0 Å². The van der Waals surface area contributed by atoms with Gasteiger partial charge in [0.05, 0.1) is 17.3 Å². The van der Waals surface area contributed by atoms with Crippen LogP contribution in [-0.2, 0) is 32.2 Å². The minimum absolute atomic E-state index is 0.0224. The molecule has 1 aliphatic carbocycles. The second-order valence-electron chi connectivity index (χ2n) is 11.6. The molecule has 0 spiro atoms. The summed E-state index contributed by atoms with van der Waals surface area (Å²) < 4.78 is 39.2. The van der Waals surface area contributed by atoms with Gasteiger partial charge in [0.25, 0.3) is 5.91 Å². The van der Waals surface area contributed by atoms with Gasteiger partial charge in [-0.2, -0.15) is 0 Å². The smallest absolute Gasteiger partial charge is 0.266 e. The van der Waals surface area contributed by atoms with E-state index >= 15 is 0 Å². The molecule has 46 heavy (non-hydrogen) atoms. The molecule has 2 atom stereocenters. The van der Waals surface area contributed by atoms with E-state index in [-0.39, 0.29) is 35.6 Å². The number of fused-ring (bicyclic) bond motifs is 1. The molecule has 4 aromatic carbocycles. The highest BCUT2D eigenvalue weighted by molar-refractivity contribution is 7.91. The number of benzene rings is 4. The Morgan fingerprint density at radius 3 is 2.17 bits per heavy atom. The van der Waals surface area contributed by atoms with Crippen LogP contribution in [0.3, 0.4) is 0 Å². The number of hydrazine groups is 1. The lowest BCUT2D eigenvalue weighted by Gasteiger charge is -2.31. The van der Waals surface area contributed by atoms with E-state index in [0.29, 0.717) is 29.9 Å². The molecule has 0 fully saturated rings. The van der Waals surface area contributed by atoms with Crippen LogP contribution in [0.5, 0.6) is 5.75 Å². The quantitative estimate of drug-likeness (QED) is 0.147. The Kier molecular flexibility index (Phi) is 9.48. The van der Waals surface area contributed by atoms with Crippen LogP contribution < -0.4 is 15.6 Å². The van der Waals surface area contributed by atoms with Crippen molar-refractivity contribution in [3.05, 3.63) is 131 Å². The Morgan fingerprint density at radius 1 is 0.891 bits per heavy atom. The van der Waals surface area contributed by atoms with E-state index in [9.17, 15) is 13.2 Å². The molecule has 1 heterocycles. The van der Waals surface area contributed by atoms with Crippen molar-refractivity contribution in [1.29, 1.82) is 0 Å². The lowest BCUT2D eigenvalue weighted by atomic mass is 9.85. The van der Waals surface area contributed by atoms with Crippen LogP contribution in [0.1, 0.15) is 41.2 Å². The fourth-order valence-corrected chi connectivity index (χ4v) is 7.36. The SMILES string of the molecule is O=C(NNC1Cc2ccccc2C1)[C@@]1(CCS(=O)(=O)c2ccccc2)N=C(c2ccc(OCCCO)cc2)O[C@H]1c1ccccc1. The van der Waals surface area contributed by atoms with Crippen molar-refractivity contribution in [2.75, 3.05) is 19.0 Å². The number of aliphatic hydroxyl groups excluding tert-OH is 1. The van der Waals surface area contributed by atoms with Crippen molar-refractivity contribution in [2.24, 2.45) is 4.99 Å². The van der Waals surface area contributed by atoms with Gasteiger partial charge in [0.2, 0.25) is 5.90 Å². The zero-order valence-electron chi connectivity index (χ0n) is 25.3. The summed E-state index contributed by atoms with van der Waals surface area (Å²) in [6, 6.07) is 32.8. The number of aliphatic imine (C=N–C) groups is 1. The van der Waals surface area contributed by atoms with Crippen molar-refractivity contribution in [3.63, 3.8) is 0 Å². The predicted octanol–water partition coefficient (Wildman–Crippen LogP) is 4.36. The summed E-state index contributed by atoms with van der Waals surface area (Å²) in [5.74, 6) is 0.0615. The van der Waals surface area contributed by atoms with Crippen molar-refractivity contribution < 1.29 is 27.8 Å². The van der Waals surface area contributed by atoms with Crippen molar-refractivity contribution in [3.8, 4) is 5.75 Å². The Balaban J connectivity index is 1.33. The van der Waals surface area contributed by atoms with Crippen molar-refractivity contribution in [1.82, 2.24) is 10.9 Å². The zero-order valence-corrected chi connectivity index (χ0v) is 26.2. The maximum absolute atomic E-state index is 14.4. The molecule has 0 radical (unpaired) electrons. The molecule has 1 amide bonds. The number of hydrogen-bond acceptors (Lipinski definition) is 8. The Hall–Kier alpha value is -4.51. The minimum atomic E-state index is -3.75. The van der Waals surface area contributed by atoms with E-state index in [2.05, 4.69) is 23.0 Å². The molecule has 10 heteroatoms. The maximum Gasteiger partial charge on any atom is 0.266 e. The first kappa shape index (κ1) is 31.5. The lowest BCUT2D eigenvalue weighted by molar-refractivity contribution is -0.130. The number of aliphatic hydroxyl groups is 1. The summed E-state index contributed by atoms with van der Waals surface area (Å²) in [6.07, 6.45) is 1.02. The third-order valence-corrected chi connectivity index (χ3v) is 10.2. The van der Waals surface area contributed by atoms with Crippen LogP contribution in [-0.4, -0.2) is 55.9 Å². The van der Waals surface area contributed by atoms with E-state index < -0.39 is 27.4 Å². The van der Waals surface area contributed by atoms with Gasteiger partial charge in [0.1, 0.15) is 5.75 Å². The molecule has 0 saturated carbocycles. The highest BCUT2D eigenvalue weighted by Crippen LogP contribution is 2.43. The normalized spacial score (nSPS) is 19.2. The van der Waals surface area contributed by atoms with Crippen molar-refractivity contribution in [2.45, 2.75) is 48.3 Å². The number of ether oxygens (including phenoxy) is 2. The topological polar surface area (TPSA) is 126 Å². The molecule has 3 N–H and O–H groups in total. The Morgan fingerprint density at radius 2 is 1.52 bits per heavy atom. The highest BCUT2D eigenvalue weighted by Gasteiger charge is 2.53. The molecule has 0 bridgehead atoms. The minimum Gasteiger partial charge on any atom is -0.494 e. The molecule has 0 unspecified atom stereocenters. The van der Waals surface area contributed by atoms with Gasteiger partial charge in [-0.1, -0.05) is 72.8 Å². The first-order chi connectivity index (χ1) is 22.4. The highest BCUT2D eigenvalue weighted by atomic mass is 32.2. The number of carbonyl (C=O) groups is 1. The number of hydrogen-bond donors (Lipinski definition) is 3. The second-order valence-corrected chi connectivity index (χ2v) is 13.7. The molecule has 0 aromatic heterocycles. The molecular formula is C36H37N3O6S. The maximum atomic E-state index is 14.4. The number of rotatable bonds is 13. The molecule has 4 aromatic rings. The Labute approximate surface area is 269 Å². The number of amides is 1. The van der Waals surface area contributed by atoms with Gasteiger partial charge in [0.15, 0.2) is 21.5 Å². The summed E-state index contributed by atoms with van der Waals surface area (Å²) in [6.45, 7) is 0.415. The molecule has 238 valence electrons. The molecule has 0 saturated heterocycles. The summed E-state index contributed by atoms with van der Waals surface area (Å²) in [7, 11) is -3.75. The van der Waals surface area contributed by atoms with E-state index in [4.69, 9.17) is 19.6 Å². The molecule has 2 aliphatic rings. The van der Waals surface area contributed by atoms with Gasteiger partial charge in [-0.15, -0.1) is 0 Å². The summed E-state index contributed by atoms with van der Waals surface area (Å²) in [5.41, 5.74) is 8.30. The first-order valence-electron chi connectivity index (χ1n) is 15.4. The average molecular weight is 640 g/mol. The van der Waals surface area contributed by atoms with Gasteiger partial charge in [-0.05, 0) is 65.9 Å². The number of sulfone groups is 1. The molecule has 6 rings (SSSR count). The average Bonchev–Trinajstić information content (AvgIpc) is 3.70. The van der Waals surface area contributed by atoms with Crippen LogP contribution in [0.4, 0.5) is 0 Å². The zero-order chi connectivity index (χ0) is 32.0. The third kappa shape index (κ3) is 6.84.